The van der Waals surface area contributed by atoms with Crippen LogP contribution in [-0.2, 0) is 0 Å². The lowest BCUT2D eigenvalue weighted by atomic mass is 9.95. The Hall–Kier alpha value is -0.160. The van der Waals surface area contributed by atoms with Crippen LogP contribution in [0.3, 0.4) is 0 Å². The second-order valence-electron chi connectivity index (χ2n) is 5.56. The SMILES string of the molecule is CN(C)CCCN(C)CC(N)(CO)C1CC1. The third kappa shape index (κ3) is 4.37. The molecule has 1 rings (SSSR count). The van der Waals surface area contributed by atoms with Gasteiger partial charge in [-0.3, -0.25) is 0 Å². The maximum Gasteiger partial charge on any atom is 0.0626 e. The molecule has 1 unspecified atom stereocenters. The maximum absolute atomic E-state index is 9.40. The fourth-order valence-electron chi connectivity index (χ4n) is 2.20. The summed E-state index contributed by atoms with van der Waals surface area (Å²) < 4.78 is 0. The van der Waals surface area contributed by atoms with Crippen LogP contribution in [0.4, 0.5) is 0 Å². The molecule has 0 aromatic carbocycles. The molecule has 96 valence electrons. The first-order chi connectivity index (χ1) is 7.48. The third-order valence-corrected chi connectivity index (χ3v) is 3.39. The van der Waals surface area contributed by atoms with Crippen molar-refractivity contribution in [1.29, 1.82) is 0 Å². The molecule has 0 heterocycles. The van der Waals surface area contributed by atoms with Crippen molar-refractivity contribution in [3.05, 3.63) is 0 Å². The topological polar surface area (TPSA) is 52.7 Å². The average Bonchev–Trinajstić information content (AvgIpc) is 3.00. The summed E-state index contributed by atoms with van der Waals surface area (Å²) in [6.07, 6.45) is 3.51. The van der Waals surface area contributed by atoms with Gasteiger partial charge in [0.2, 0.25) is 0 Å². The van der Waals surface area contributed by atoms with Crippen LogP contribution in [0.2, 0.25) is 0 Å². The van der Waals surface area contributed by atoms with Crippen molar-refractivity contribution in [3.63, 3.8) is 0 Å². The molecule has 3 N–H and O–H groups in total. The molecule has 1 fully saturated rings. The van der Waals surface area contributed by atoms with Crippen molar-refractivity contribution in [2.75, 3.05) is 47.4 Å². The van der Waals surface area contributed by atoms with E-state index in [4.69, 9.17) is 5.73 Å². The minimum Gasteiger partial charge on any atom is -0.394 e. The van der Waals surface area contributed by atoms with Crippen LogP contribution in [0.15, 0.2) is 0 Å². The number of aliphatic hydroxyl groups excluding tert-OH is 1. The molecule has 0 amide bonds. The van der Waals surface area contributed by atoms with E-state index in [2.05, 4.69) is 30.9 Å². The second-order valence-corrected chi connectivity index (χ2v) is 5.56. The summed E-state index contributed by atoms with van der Waals surface area (Å²) in [5.41, 5.74) is 5.86. The predicted molar refractivity (Wildman–Crippen MR) is 67.4 cm³/mol. The van der Waals surface area contributed by atoms with Gasteiger partial charge in [-0.2, -0.15) is 0 Å². The first-order valence-electron chi connectivity index (χ1n) is 6.21. The molecule has 0 radical (unpaired) electrons. The fraction of sp³-hybridized carbons (Fsp3) is 1.00. The Morgan fingerprint density at radius 1 is 1.25 bits per heavy atom. The minimum atomic E-state index is -0.368. The number of hydrogen-bond donors (Lipinski definition) is 2. The Labute approximate surface area is 99.4 Å². The molecule has 0 aromatic heterocycles. The number of likely N-dealkylation sites (N-methyl/N-ethyl adjacent to an activating group) is 1. The Balaban J connectivity index is 2.23. The van der Waals surface area contributed by atoms with Gasteiger partial charge in [0.15, 0.2) is 0 Å². The highest BCUT2D eigenvalue weighted by Crippen LogP contribution is 2.38. The van der Waals surface area contributed by atoms with Gasteiger partial charge >= 0.3 is 0 Å². The Kier molecular flexibility index (Phi) is 5.18. The van der Waals surface area contributed by atoms with E-state index in [1.807, 2.05) is 0 Å². The van der Waals surface area contributed by atoms with Gasteiger partial charge in [0.1, 0.15) is 0 Å². The van der Waals surface area contributed by atoms with E-state index in [-0.39, 0.29) is 12.1 Å². The van der Waals surface area contributed by atoms with Crippen LogP contribution in [-0.4, -0.2) is 67.8 Å². The standard InChI is InChI=1S/C12H27N3O/c1-14(2)7-4-8-15(3)9-12(13,10-16)11-5-6-11/h11,16H,4-10,13H2,1-3H3. The van der Waals surface area contributed by atoms with Crippen molar-refractivity contribution < 1.29 is 5.11 Å². The van der Waals surface area contributed by atoms with Crippen molar-refractivity contribution in [2.45, 2.75) is 24.8 Å². The van der Waals surface area contributed by atoms with Crippen molar-refractivity contribution in [3.8, 4) is 0 Å². The average molecular weight is 229 g/mol. The maximum atomic E-state index is 9.40. The van der Waals surface area contributed by atoms with Crippen LogP contribution in [0.1, 0.15) is 19.3 Å². The molecule has 0 saturated heterocycles. The molecule has 1 atom stereocenters. The molecular formula is C12H27N3O. The quantitative estimate of drug-likeness (QED) is 0.614. The van der Waals surface area contributed by atoms with E-state index in [0.29, 0.717) is 5.92 Å². The first kappa shape index (κ1) is 13.9. The molecule has 1 saturated carbocycles. The van der Waals surface area contributed by atoms with E-state index in [1.165, 1.54) is 12.8 Å². The third-order valence-electron chi connectivity index (χ3n) is 3.39. The Bertz CT molecular complexity index is 206. The number of nitrogens with zero attached hydrogens (tertiary/aromatic N) is 2. The molecular weight excluding hydrogens is 202 g/mol. The summed E-state index contributed by atoms with van der Waals surface area (Å²) in [5, 5.41) is 9.40. The normalized spacial score (nSPS) is 20.4. The number of hydrogen-bond acceptors (Lipinski definition) is 4. The molecule has 4 heteroatoms. The van der Waals surface area contributed by atoms with Crippen LogP contribution >= 0.6 is 0 Å². The van der Waals surface area contributed by atoms with Crippen molar-refractivity contribution in [2.24, 2.45) is 11.7 Å². The lowest BCUT2D eigenvalue weighted by Gasteiger charge is -2.32. The molecule has 4 nitrogen and oxygen atoms in total. The molecule has 0 aliphatic heterocycles. The summed E-state index contributed by atoms with van der Waals surface area (Å²) in [4.78, 5) is 4.44. The van der Waals surface area contributed by atoms with Gasteiger partial charge in [-0.25, -0.2) is 0 Å². The largest absolute Gasteiger partial charge is 0.394 e. The fourth-order valence-corrected chi connectivity index (χ4v) is 2.20. The zero-order valence-corrected chi connectivity index (χ0v) is 10.9. The van der Waals surface area contributed by atoms with Crippen LogP contribution < -0.4 is 5.73 Å². The smallest absolute Gasteiger partial charge is 0.0626 e. The second kappa shape index (κ2) is 5.96. The molecule has 16 heavy (non-hydrogen) atoms. The lowest BCUT2D eigenvalue weighted by molar-refractivity contribution is 0.131. The van der Waals surface area contributed by atoms with Gasteiger partial charge in [0.05, 0.1) is 12.1 Å². The lowest BCUT2D eigenvalue weighted by Crippen LogP contribution is -2.54. The van der Waals surface area contributed by atoms with E-state index in [1.54, 1.807) is 0 Å². The highest BCUT2D eigenvalue weighted by Gasteiger charge is 2.42. The zero-order chi connectivity index (χ0) is 12.2. The van der Waals surface area contributed by atoms with Crippen molar-refractivity contribution >= 4 is 0 Å². The summed E-state index contributed by atoms with van der Waals surface area (Å²) >= 11 is 0. The Morgan fingerprint density at radius 3 is 2.31 bits per heavy atom. The number of rotatable bonds is 8. The molecule has 0 spiro atoms. The summed E-state index contributed by atoms with van der Waals surface area (Å²) in [7, 11) is 6.27. The van der Waals surface area contributed by atoms with E-state index >= 15 is 0 Å². The summed E-state index contributed by atoms with van der Waals surface area (Å²) in [5.74, 6) is 0.536. The molecule has 0 bridgehead atoms. The minimum absolute atomic E-state index is 0.107. The Morgan fingerprint density at radius 2 is 1.88 bits per heavy atom. The first-order valence-corrected chi connectivity index (χ1v) is 6.21. The molecule has 1 aliphatic carbocycles. The van der Waals surface area contributed by atoms with E-state index in [0.717, 1.165) is 26.1 Å². The van der Waals surface area contributed by atoms with Gasteiger partial charge in [0, 0.05) is 6.54 Å². The van der Waals surface area contributed by atoms with Gasteiger partial charge in [0.25, 0.3) is 0 Å². The predicted octanol–water partition coefficient (Wildman–Crippen LogP) is -0.0303. The molecule has 0 aromatic rings. The van der Waals surface area contributed by atoms with Gasteiger partial charge in [-0.05, 0) is 59.4 Å². The van der Waals surface area contributed by atoms with Crippen LogP contribution in [0, 0.1) is 5.92 Å². The summed E-state index contributed by atoms with van der Waals surface area (Å²) in [6.45, 7) is 3.06. The van der Waals surface area contributed by atoms with Crippen molar-refractivity contribution in [1.82, 2.24) is 9.80 Å². The monoisotopic (exact) mass is 229 g/mol. The highest BCUT2D eigenvalue weighted by molar-refractivity contribution is 5.00. The van der Waals surface area contributed by atoms with Gasteiger partial charge in [-0.15, -0.1) is 0 Å². The van der Waals surface area contributed by atoms with Crippen LogP contribution in [0.25, 0.3) is 0 Å². The number of aliphatic hydroxyl groups is 1. The van der Waals surface area contributed by atoms with Gasteiger partial charge in [-0.1, -0.05) is 0 Å². The highest BCUT2D eigenvalue weighted by atomic mass is 16.3. The molecule has 1 aliphatic rings. The summed E-state index contributed by atoms with van der Waals surface area (Å²) in [6, 6.07) is 0. The number of nitrogens with two attached hydrogens (primary N) is 1. The van der Waals surface area contributed by atoms with E-state index in [9.17, 15) is 5.11 Å². The van der Waals surface area contributed by atoms with E-state index < -0.39 is 0 Å². The van der Waals surface area contributed by atoms with Crippen LogP contribution in [0.5, 0.6) is 0 Å². The van der Waals surface area contributed by atoms with Gasteiger partial charge < -0.3 is 20.6 Å². The zero-order valence-electron chi connectivity index (χ0n) is 10.9.